The van der Waals surface area contributed by atoms with Crippen molar-refractivity contribution in [3.63, 3.8) is 0 Å². The number of anilines is 1. The summed E-state index contributed by atoms with van der Waals surface area (Å²) in [6.07, 6.45) is -0.951. The lowest BCUT2D eigenvalue weighted by Crippen LogP contribution is -2.30. The van der Waals surface area contributed by atoms with E-state index in [1.807, 2.05) is 32.0 Å². The van der Waals surface area contributed by atoms with Crippen molar-refractivity contribution < 1.29 is 14.3 Å². The Morgan fingerprint density at radius 3 is 2.38 bits per heavy atom. The number of carbonyl (C=O) groups excluding carboxylic acids is 2. The molecule has 0 spiro atoms. The summed E-state index contributed by atoms with van der Waals surface area (Å²) in [7, 11) is 0. The number of esters is 1. The van der Waals surface area contributed by atoms with Gasteiger partial charge in [0.25, 0.3) is 5.91 Å². The fourth-order valence-electron chi connectivity index (χ4n) is 2.09. The molecule has 1 amide bonds. The topological polar surface area (TPSA) is 55.4 Å². The zero-order chi connectivity index (χ0) is 17.9. The summed E-state index contributed by atoms with van der Waals surface area (Å²) < 4.78 is 5.18. The number of rotatable bonds is 4. The Morgan fingerprint density at radius 1 is 1.04 bits per heavy atom. The van der Waals surface area contributed by atoms with Crippen molar-refractivity contribution in [1.82, 2.24) is 0 Å². The molecule has 2 aromatic rings. The van der Waals surface area contributed by atoms with Crippen molar-refractivity contribution in [2.75, 3.05) is 5.32 Å². The van der Waals surface area contributed by atoms with Crippen molar-refractivity contribution >= 4 is 40.8 Å². The fraction of sp³-hybridized carbons (Fsp3) is 0.222. The Hall–Kier alpha value is -2.04. The first-order valence-electron chi connectivity index (χ1n) is 7.32. The molecule has 0 bridgehead atoms. The van der Waals surface area contributed by atoms with Gasteiger partial charge in [-0.1, -0.05) is 40.9 Å². The summed E-state index contributed by atoms with van der Waals surface area (Å²) in [4.78, 5) is 24.3. The molecule has 0 aliphatic heterocycles. The first-order valence-corrected chi connectivity index (χ1v) is 8.07. The van der Waals surface area contributed by atoms with E-state index >= 15 is 0 Å². The molecule has 0 fully saturated rings. The first kappa shape index (κ1) is 18.3. The second-order valence-electron chi connectivity index (χ2n) is 5.48. The van der Waals surface area contributed by atoms with Crippen molar-refractivity contribution in [3.05, 3.63) is 63.1 Å². The van der Waals surface area contributed by atoms with Crippen LogP contribution in [-0.2, 0) is 9.53 Å². The minimum Gasteiger partial charge on any atom is -0.449 e. The van der Waals surface area contributed by atoms with E-state index in [1.54, 1.807) is 0 Å². The summed E-state index contributed by atoms with van der Waals surface area (Å²) in [5, 5.41) is 3.34. The van der Waals surface area contributed by atoms with E-state index in [2.05, 4.69) is 5.32 Å². The number of ether oxygens (including phenoxy) is 1. The normalized spacial score (nSPS) is 11.7. The fourth-order valence-corrected chi connectivity index (χ4v) is 2.39. The molecule has 0 saturated heterocycles. The van der Waals surface area contributed by atoms with E-state index in [4.69, 9.17) is 27.9 Å². The second-order valence-corrected chi connectivity index (χ2v) is 6.30. The minimum atomic E-state index is -0.951. The molecule has 2 aromatic carbocycles. The van der Waals surface area contributed by atoms with E-state index < -0.39 is 18.0 Å². The van der Waals surface area contributed by atoms with Gasteiger partial charge in [-0.15, -0.1) is 0 Å². The standard InChI is InChI=1S/C18H17Cl2NO3/c1-10-4-7-16(11(2)8-10)21-17(22)12(3)24-18(23)13-5-6-14(19)15(20)9-13/h4-9,12H,1-3H3,(H,21,22)/t12-/m1/s1. The molecule has 0 heterocycles. The molecule has 1 N–H and O–H groups in total. The number of carbonyl (C=O) groups is 2. The second kappa shape index (κ2) is 7.69. The maximum absolute atomic E-state index is 12.2. The maximum Gasteiger partial charge on any atom is 0.338 e. The third-order valence-corrected chi connectivity index (χ3v) is 4.19. The molecular formula is C18H17Cl2NO3. The van der Waals surface area contributed by atoms with Crippen LogP contribution in [-0.4, -0.2) is 18.0 Å². The predicted octanol–water partition coefficient (Wildman–Crippen LogP) is 4.79. The van der Waals surface area contributed by atoms with Crippen molar-refractivity contribution in [3.8, 4) is 0 Å². The molecule has 4 nitrogen and oxygen atoms in total. The highest BCUT2D eigenvalue weighted by Gasteiger charge is 2.20. The van der Waals surface area contributed by atoms with Crippen LogP contribution >= 0.6 is 23.2 Å². The molecule has 0 aliphatic carbocycles. The van der Waals surface area contributed by atoms with Gasteiger partial charge in [0.15, 0.2) is 6.10 Å². The van der Waals surface area contributed by atoms with E-state index in [1.165, 1.54) is 25.1 Å². The Labute approximate surface area is 150 Å². The highest BCUT2D eigenvalue weighted by atomic mass is 35.5. The summed E-state index contributed by atoms with van der Waals surface area (Å²) in [5.41, 5.74) is 2.95. The monoisotopic (exact) mass is 365 g/mol. The maximum atomic E-state index is 12.2. The molecule has 0 radical (unpaired) electrons. The van der Waals surface area contributed by atoms with E-state index in [-0.39, 0.29) is 10.6 Å². The summed E-state index contributed by atoms with van der Waals surface area (Å²) in [5.74, 6) is -1.05. The Kier molecular flexibility index (Phi) is 5.86. The molecule has 0 unspecified atom stereocenters. The van der Waals surface area contributed by atoms with E-state index in [9.17, 15) is 9.59 Å². The molecule has 126 valence electrons. The number of hydrogen-bond acceptors (Lipinski definition) is 3. The molecule has 1 atom stereocenters. The van der Waals surface area contributed by atoms with Crippen molar-refractivity contribution in [2.45, 2.75) is 26.9 Å². The van der Waals surface area contributed by atoms with Crippen LogP contribution in [0.2, 0.25) is 10.0 Å². The molecule has 24 heavy (non-hydrogen) atoms. The summed E-state index contributed by atoms with van der Waals surface area (Å²) >= 11 is 11.7. The Morgan fingerprint density at radius 2 is 1.75 bits per heavy atom. The van der Waals surface area contributed by atoms with Crippen molar-refractivity contribution in [1.29, 1.82) is 0 Å². The van der Waals surface area contributed by atoms with Crippen LogP contribution in [0.1, 0.15) is 28.4 Å². The average molecular weight is 366 g/mol. The van der Waals surface area contributed by atoms with Crippen LogP contribution in [0.3, 0.4) is 0 Å². The zero-order valence-corrected chi connectivity index (χ0v) is 15.0. The number of halogens is 2. The molecule has 0 aromatic heterocycles. The molecular weight excluding hydrogens is 349 g/mol. The Balaban J connectivity index is 2.02. The Bertz CT molecular complexity index is 790. The largest absolute Gasteiger partial charge is 0.449 e. The highest BCUT2D eigenvalue weighted by molar-refractivity contribution is 6.42. The van der Waals surface area contributed by atoms with Crippen LogP contribution in [0.4, 0.5) is 5.69 Å². The number of aryl methyl sites for hydroxylation is 2. The van der Waals surface area contributed by atoms with Crippen LogP contribution in [0, 0.1) is 13.8 Å². The van der Waals surface area contributed by atoms with E-state index in [0.29, 0.717) is 10.7 Å². The number of benzene rings is 2. The van der Waals surface area contributed by atoms with Gasteiger partial charge < -0.3 is 10.1 Å². The summed E-state index contributed by atoms with van der Waals surface area (Å²) in [6.45, 7) is 5.38. The van der Waals surface area contributed by atoms with Crippen LogP contribution < -0.4 is 5.32 Å². The lowest BCUT2D eigenvalue weighted by Gasteiger charge is -2.15. The van der Waals surface area contributed by atoms with Gasteiger partial charge in [-0.25, -0.2) is 4.79 Å². The average Bonchev–Trinajstić information content (AvgIpc) is 2.52. The third kappa shape index (κ3) is 4.49. The quantitative estimate of drug-likeness (QED) is 0.792. The van der Waals surface area contributed by atoms with Crippen LogP contribution in [0.5, 0.6) is 0 Å². The summed E-state index contributed by atoms with van der Waals surface area (Å²) in [6, 6.07) is 10.1. The predicted molar refractivity (Wildman–Crippen MR) is 95.9 cm³/mol. The van der Waals surface area contributed by atoms with Gasteiger partial charge in [-0.3, -0.25) is 4.79 Å². The first-order chi connectivity index (χ1) is 11.3. The number of hydrogen-bond donors (Lipinski definition) is 1. The van der Waals surface area contributed by atoms with Gasteiger partial charge in [-0.05, 0) is 50.6 Å². The van der Waals surface area contributed by atoms with Gasteiger partial charge in [0.2, 0.25) is 0 Å². The zero-order valence-electron chi connectivity index (χ0n) is 13.5. The highest BCUT2D eigenvalue weighted by Crippen LogP contribution is 2.23. The molecule has 0 aliphatic rings. The van der Waals surface area contributed by atoms with Gasteiger partial charge in [0.1, 0.15) is 0 Å². The number of nitrogens with one attached hydrogen (secondary N) is 1. The van der Waals surface area contributed by atoms with Gasteiger partial charge >= 0.3 is 5.97 Å². The molecule has 6 heteroatoms. The smallest absolute Gasteiger partial charge is 0.338 e. The van der Waals surface area contributed by atoms with Crippen LogP contribution in [0.15, 0.2) is 36.4 Å². The molecule has 2 rings (SSSR count). The lowest BCUT2D eigenvalue weighted by atomic mass is 10.1. The van der Waals surface area contributed by atoms with Crippen LogP contribution in [0.25, 0.3) is 0 Å². The van der Waals surface area contributed by atoms with Crippen molar-refractivity contribution in [2.24, 2.45) is 0 Å². The third-order valence-electron chi connectivity index (χ3n) is 3.45. The van der Waals surface area contributed by atoms with Gasteiger partial charge in [0, 0.05) is 5.69 Å². The van der Waals surface area contributed by atoms with Gasteiger partial charge in [-0.2, -0.15) is 0 Å². The minimum absolute atomic E-state index is 0.232. The SMILES string of the molecule is Cc1ccc(NC(=O)[C@@H](C)OC(=O)c2ccc(Cl)c(Cl)c2)c(C)c1. The molecule has 0 saturated carbocycles. The number of amides is 1. The lowest BCUT2D eigenvalue weighted by molar-refractivity contribution is -0.123. The van der Waals surface area contributed by atoms with E-state index in [0.717, 1.165) is 11.1 Å². The van der Waals surface area contributed by atoms with Gasteiger partial charge in [0.05, 0.1) is 15.6 Å².